The molecule has 25 heavy (non-hydrogen) atoms. The van der Waals surface area contributed by atoms with Crippen molar-refractivity contribution in [2.45, 2.75) is 26.4 Å². The number of amides is 1. The summed E-state index contributed by atoms with van der Waals surface area (Å²) in [6.07, 6.45) is 3.82. The van der Waals surface area contributed by atoms with Crippen LogP contribution in [-0.2, 0) is 6.42 Å². The molecule has 0 aliphatic heterocycles. The van der Waals surface area contributed by atoms with Gasteiger partial charge in [0.1, 0.15) is 17.2 Å². The summed E-state index contributed by atoms with van der Waals surface area (Å²) in [5.74, 6) is 0.282. The highest BCUT2D eigenvalue weighted by Crippen LogP contribution is 2.14. The van der Waals surface area contributed by atoms with Crippen LogP contribution in [-0.4, -0.2) is 27.9 Å². The van der Waals surface area contributed by atoms with Gasteiger partial charge in [-0.05, 0) is 50.2 Å². The van der Waals surface area contributed by atoms with E-state index in [0.717, 1.165) is 11.4 Å². The van der Waals surface area contributed by atoms with Crippen LogP contribution in [0.15, 0.2) is 48.8 Å². The number of ether oxygens (including phenoxy) is 1. The van der Waals surface area contributed by atoms with Crippen LogP contribution in [0.3, 0.4) is 0 Å². The highest BCUT2D eigenvalue weighted by molar-refractivity contribution is 5.94. The molecule has 6 heteroatoms. The largest absolute Gasteiger partial charge is 0.491 e. The number of carbonyl (C=O) groups is 1. The maximum atomic E-state index is 13.2. The SMILES string of the molecule is CC(C)Oc1ccc(C(=O)NCCc2cn3cc(F)ccc3n2)cc1. The van der Waals surface area contributed by atoms with Gasteiger partial charge in [0.25, 0.3) is 5.91 Å². The van der Waals surface area contributed by atoms with Crippen molar-refractivity contribution in [3.8, 4) is 5.75 Å². The summed E-state index contributed by atoms with van der Waals surface area (Å²) in [7, 11) is 0. The second-order valence-electron chi connectivity index (χ2n) is 6.04. The van der Waals surface area contributed by atoms with Gasteiger partial charge in [-0.1, -0.05) is 0 Å². The molecule has 2 aromatic heterocycles. The van der Waals surface area contributed by atoms with Crippen LogP contribution in [0.5, 0.6) is 5.75 Å². The molecule has 5 nitrogen and oxygen atoms in total. The molecule has 0 aliphatic carbocycles. The maximum Gasteiger partial charge on any atom is 0.251 e. The zero-order valence-electron chi connectivity index (χ0n) is 14.2. The number of hydrogen-bond donors (Lipinski definition) is 1. The van der Waals surface area contributed by atoms with Crippen LogP contribution >= 0.6 is 0 Å². The van der Waals surface area contributed by atoms with E-state index >= 15 is 0 Å². The van der Waals surface area contributed by atoms with E-state index in [1.54, 1.807) is 40.9 Å². The third-order valence-electron chi connectivity index (χ3n) is 3.62. The van der Waals surface area contributed by atoms with Crippen LogP contribution in [0.4, 0.5) is 4.39 Å². The van der Waals surface area contributed by atoms with Crippen LogP contribution in [0.25, 0.3) is 5.65 Å². The Morgan fingerprint density at radius 2 is 1.96 bits per heavy atom. The zero-order valence-corrected chi connectivity index (χ0v) is 14.2. The van der Waals surface area contributed by atoms with Crippen LogP contribution in [0.2, 0.25) is 0 Å². The summed E-state index contributed by atoms with van der Waals surface area (Å²) in [6, 6.07) is 10.0. The molecule has 0 atom stereocenters. The molecule has 0 fully saturated rings. The summed E-state index contributed by atoms with van der Waals surface area (Å²) in [5.41, 5.74) is 2.06. The van der Waals surface area contributed by atoms with Gasteiger partial charge in [0.05, 0.1) is 11.8 Å². The third kappa shape index (κ3) is 4.35. The molecule has 3 aromatic rings. The quantitative estimate of drug-likeness (QED) is 0.749. The highest BCUT2D eigenvalue weighted by Gasteiger charge is 2.07. The standard InChI is InChI=1S/C19H20FN3O2/c1-13(2)25-17-6-3-14(4-7-17)19(24)21-10-9-16-12-23-11-15(20)5-8-18(23)22-16/h3-8,11-13H,9-10H2,1-2H3,(H,21,24). The number of imidazole rings is 1. The second-order valence-corrected chi connectivity index (χ2v) is 6.04. The van der Waals surface area contributed by atoms with E-state index in [1.165, 1.54) is 12.3 Å². The lowest BCUT2D eigenvalue weighted by Crippen LogP contribution is -2.25. The molecule has 0 bridgehead atoms. The predicted molar refractivity (Wildman–Crippen MR) is 93.4 cm³/mol. The van der Waals surface area contributed by atoms with Gasteiger partial charge in [-0.15, -0.1) is 0 Å². The number of hydrogen-bond acceptors (Lipinski definition) is 3. The predicted octanol–water partition coefficient (Wildman–Crippen LogP) is 3.23. The van der Waals surface area contributed by atoms with Gasteiger partial charge in [0, 0.05) is 30.9 Å². The molecular formula is C19H20FN3O2. The molecule has 0 aliphatic rings. The van der Waals surface area contributed by atoms with Crippen molar-refractivity contribution in [1.29, 1.82) is 0 Å². The summed E-state index contributed by atoms with van der Waals surface area (Å²) >= 11 is 0. The Bertz CT molecular complexity index is 872. The summed E-state index contributed by atoms with van der Waals surface area (Å²) in [5, 5.41) is 2.86. The number of rotatable bonds is 6. The molecule has 3 rings (SSSR count). The molecule has 0 saturated carbocycles. The van der Waals surface area contributed by atoms with Gasteiger partial charge in [0.2, 0.25) is 0 Å². The van der Waals surface area contributed by atoms with Gasteiger partial charge in [-0.25, -0.2) is 9.37 Å². The first-order valence-electron chi connectivity index (χ1n) is 8.19. The Morgan fingerprint density at radius 3 is 2.68 bits per heavy atom. The fourth-order valence-corrected chi connectivity index (χ4v) is 2.50. The van der Waals surface area contributed by atoms with E-state index in [-0.39, 0.29) is 17.8 Å². The van der Waals surface area contributed by atoms with Gasteiger partial charge < -0.3 is 14.5 Å². The minimum Gasteiger partial charge on any atom is -0.491 e. The topological polar surface area (TPSA) is 55.6 Å². The van der Waals surface area contributed by atoms with Gasteiger partial charge in [0.15, 0.2) is 0 Å². The van der Waals surface area contributed by atoms with Crippen molar-refractivity contribution in [1.82, 2.24) is 14.7 Å². The van der Waals surface area contributed by atoms with Crippen molar-refractivity contribution in [2.24, 2.45) is 0 Å². The first-order valence-corrected chi connectivity index (χ1v) is 8.19. The van der Waals surface area contributed by atoms with E-state index in [2.05, 4.69) is 10.3 Å². The van der Waals surface area contributed by atoms with Gasteiger partial charge in [-0.2, -0.15) is 0 Å². The number of nitrogens with one attached hydrogen (secondary N) is 1. The van der Waals surface area contributed by atoms with E-state index in [1.807, 2.05) is 13.8 Å². The minimum absolute atomic E-state index is 0.0959. The monoisotopic (exact) mass is 341 g/mol. The smallest absolute Gasteiger partial charge is 0.251 e. The molecule has 1 N–H and O–H groups in total. The third-order valence-corrected chi connectivity index (χ3v) is 3.62. The average Bonchev–Trinajstić information content (AvgIpc) is 2.96. The van der Waals surface area contributed by atoms with Crippen molar-refractivity contribution in [2.75, 3.05) is 6.54 Å². The molecule has 130 valence electrons. The number of pyridine rings is 1. The molecule has 0 spiro atoms. The number of halogens is 1. The number of aromatic nitrogens is 2. The van der Waals surface area contributed by atoms with E-state index in [0.29, 0.717) is 24.2 Å². The first kappa shape index (κ1) is 17.0. The van der Waals surface area contributed by atoms with Gasteiger partial charge in [-0.3, -0.25) is 4.79 Å². The lowest BCUT2D eigenvalue weighted by Gasteiger charge is -2.10. The zero-order chi connectivity index (χ0) is 17.8. The maximum absolute atomic E-state index is 13.2. The molecule has 0 unspecified atom stereocenters. The fourth-order valence-electron chi connectivity index (χ4n) is 2.50. The molecular weight excluding hydrogens is 321 g/mol. The summed E-state index contributed by atoms with van der Waals surface area (Å²) in [6.45, 7) is 4.36. The van der Waals surface area contributed by atoms with E-state index in [9.17, 15) is 9.18 Å². The van der Waals surface area contributed by atoms with Crippen molar-refractivity contribution in [3.05, 3.63) is 65.9 Å². The number of benzene rings is 1. The minimum atomic E-state index is -0.311. The number of nitrogens with zero attached hydrogens (tertiary/aromatic N) is 2. The molecule has 2 heterocycles. The Balaban J connectivity index is 1.54. The molecule has 0 radical (unpaired) electrons. The second kappa shape index (κ2) is 7.34. The Hall–Kier alpha value is -2.89. The molecule has 0 saturated heterocycles. The summed E-state index contributed by atoms with van der Waals surface area (Å²) in [4.78, 5) is 16.5. The van der Waals surface area contributed by atoms with Crippen LogP contribution in [0.1, 0.15) is 29.9 Å². The Kier molecular flexibility index (Phi) is 4.97. The van der Waals surface area contributed by atoms with Crippen molar-refractivity contribution < 1.29 is 13.9 Å². The Morgan fingerprint density at radius 1 is 1.20 bits per heavy atom. The van der Waals surface area contributed by atoms with Gasteiger partial charge >= 0.3 is 0 Å². The molecule has 1 amide bonds. The van der Waals surface area contributed by atoms with Crippen molar-refractivity contribution in [3.63, 3.8) is 0 Å². The highest BCUT2D eigenvalue weighted by atomic mass is 19.1. The lowest BCUT2D eigenvalue weighted by atomic mass is 10.2. The normalized spacial score (nSPS) is 11.0. The lowest BCUT2D eigenvalue weighted by molar-refractivity contribution is 0.0954. The number of fused-ring (bicyclic) bond motifs is 1. The van der Waals surface area contributed by atoms with E-state index in [4.69, 9.17) is 4.74 Å². The van der Waals surface area contributed by atoms with E-state index < -0.39 is 0 Å². The average molecular weight is 341 g/mol. The summed E-state index contributed by atoms with van der Waals surface area (Å²) < 4.78 is 20.4. The molecule has 1 aromatic carbocycles. The van der Waals surface area contributed by atoms with Crippen LogP contribution < -0.4 is 10.1 Å². The fraction of sp³-hybridized carbons (Fsp3) is 0.263. The Labute approximate surface area is 145 Å². The number of carbonyl (C=O) groups excluding carboxylic acids is 1. The van der Waals surface area contributed by atoms with Crippen molar-refractivity contribution >= 4 is 11.6 Å². The van der Waals surface area contributed by atoms with Crippen LogP contribution in [0, 0.1) is 5.82 Å². The first-order chi connectivity index (χ1) is 12.0.